The molecule has 0 unspecified atom stereocenters. The maximum absolute atomic E-state index is 12.6. The Labute approximate surface area is 166 Å². The van der Waals surface area contributed by atoms with Gasteiger partial charge in [-0.1, -0.05) is 17.7 Å². The molecule has 1 aliphatic rings. The Morgan fingerprint density at radius 3 is 2.78 bits per heavy atom. The van der Waals surface area contributed by atoms with E-state index in [0.717, 1.165) is 10.4 Å². The van der Waals surface area contributed by atoms with Crippen molar-refractivity contribution in [1.29, 1.82) is 0 Å². The highest BCUT2D eigenvalue weighted by Crippen LogP contribution is 2.38. The van der Waals surface area contributed by atoms with Crippen LogP contribution in [0.25, 0.3) is 0 Å². The maximum atomic E-state index is 12.6. The Bertz CT molecular complexity index is 909. The van der Waals surface area contributed by atoms with Gasteiger partial charge in [0.1, 0.15) is 5.00 Å². The van der Waals surface area contributed by atoms with Crippen LogP contribution in [0.1, 0.15) is 45.0 Å². The molecule has 142 valence electrons. The summed E-state index contributed by atoms with van der Waals surface area (Å²) < 4.78 is 5.19. The van der Waals surface area contributed by atoms with Gasteiger partial charge in [0, 0.05) is 28.9 Å². The largest absolute Gasteiger partial charge is 0.462 e. The minimum Gasteiger partial charge on any atom is -0.462 e. The summed E-state index contributed by atoms with van der Waals surface area (Å²) in [5, 5.41) is 3.70. The minimum atomic E-state index is -0.465. The molecule has 0 bridgehead atoms. The van der Waals surface area contributed by atoms with Crippen molar-refractivity contribution in [3.63, 3.8) is 0 Å². The number of nitrogens with zero attached hydrogens (tertiary/aromatic N) is 1. The van der Waals surface area contributed by atoms with E-state index in [1.54, 1.807) is 36.1 Å². The number of benzene rings is 1. The fourth-order valence-electron chi connectivity index (χ4n) is 2.98. The second kappa shape index (κ2) is 8.10. The fourth-order valence-corrected chi connectivity index (χ4v) is 4.42. The third-order valence-electron chi connectivity index (χ3n) is 4.30. The van der Waals surface area contributed by atoms with Crippen molar-refractivity contribution in [2.45, 2.75) is 26.8 Å². The molecule has 3 rings (SSSR count). The number of rotatable bonds is 4. The number of thiophene rings is 1. The first-order chi connectivity index (χ1) is 12.9. The number of anilines is 1. The molecule has 2 heterocycles. The molecule has 1 aliphatic heterocycles. The Hall–Kier alpha value is -2.38. The molecular formula is C19H19ClN2O4S. The van der Waals surface area contributed by atoms with Gasteiger partial charge in [-0.2, -0.15) is 0 Å². The second-order valence-electron chi connectivity index (χ2n) is 6.08. The second-order valence-corrected chi connectivity index (χ2v) is 7.63. The van der Waals surface area contributed by atoms with Crippen molar-refractivity contribution in [2.75, 3.05) is 18.5 Å². The Morgan fingerprint density at radius 1 is 1.33 bits per heavy atom. The lowest BCUT2D eigenvalue weighted by Crippen LogP contribution is -2.34. The van der Waals surface area contributed by atoms with E-state index in [2.05, 4.69) is 5.32 Å². The summed E-state index contributed by atoms with van der Waals surface area (Å²) in [5.74, 6) is -0.839. The van der Waals surface area contributed by atoms with Gasteiger partial charge in [0.25, 0.3) is 5.91 Å². The molecule has 1 aromatic carbocycles. The van der Waals surface area contributed by atoms with Crippen LogP contribution in [0.4, 0.5) is 5.00 Å². The van der Waals surface area contributed by atoms with Crippen molar-refractivity contribution in [2.24, 2.45) is 0 Å². The van der Waals surface area contributed by atoms with Crippen LogP contribution in [-0.2, 0) is 22.5 Å². The Balaban J connectivity index is 1.95. The van der Waals surface area contributed by atoms with E-state index in [1.165, 1.54) is 18.3 Å². The zero-order valence-electron chi connectivity index (χ0n) is 15.0. The molecule has 1 N–H and O–H groups in total. The van der Waals surface area contributed by atoms with Crippen molar-refractivity contribution >= 4 is 45.7 Å². The van der Waals surface area contributed by atoms with Gasteiger partial charge >= 0.3 is 5.97 Å². The van der Waals surface area contributed by atoms with Gasteiger partial charge in [0.15, 0.2) is 0 Å². The predicted octanol–water partition coefficient (Wildman–Crippen LogP) is 3.74. The summed E-state index contributed by atoms with van der Waals surface area (Å²) in [5.41, 5.74) is 1.63. The zero-order valence-corrected chi connectivity index (χ0v) is 16.6. The molecule has 0 saturated heterocycles. The standard InChI is InChI=1S/C19H19ClN2O4S/c1-3-26-19(25)16-14-7-8-22(11(2)23)10-15(14)27-18(16)21-17(24)12-5-4-6-13(20)9-12/h4-6,9H,3,7-8,10H2,1-2H3,(H,21,24). The number of hydrogen-bond donors (Lipinski definition) is 1. The molecule has 8 heteroatoms. The molecule has 6 nitrogen and oxygen atoms in total. The number of nitrogens with one attached hydrogen (secondary N) is 1. The lowest BCUT2D eigenvalue weighted by Gasteiger charge is -2.25. The predicted molar refractivity (Wildman–Crippen MR) is 104 cm³/mol. The van der Waals surface area contributed by atoms with Crippen molar-refractivity contribution in [3.8, 4) is 0 Å². The van der Waals surface area contributed by atoms with Crippen molar-refractivity contribution in [1.82, 2.24) is 4.90 Å². The van der Waals surface area contributed by atoms with Gasteiger partial charge in [-0.3, -0.25) is 9.59 Å². The monoisotopic (exact) mass is 406 g/mol. The summed E-state index contributed by atoms with van der Waals surface area (Å²) in [6.45, 7) is 4.46. The van der Waals surface area contributed by atoms with Gasteiger partial charge < -0.3 is 15.0 Å². The highest BCUT2D eigenvalue weighted by Gasteiger charge is 2.30. The highest BCUT2D eigenvalue weighted by atomic mass is 35.5. The number of esters is 1. The highest BCUT2D eigenvalue weighted by molar-refractivity contribution is 7.17. The van der Waals surface area contributed by atoms with Gasteiger partial charge in [0.05, 0.1) is 18.7 Å². The van der Waals surface area contributed by atoms with E-state index in [0.29, 0.717) is 40.7 Å². The van der Waals surface area contributed by atoms with Crippen LogP contribution in [0, 0.1) is 0 Å². The quantitative estimate of drug-likeness (QED) is 0.785. The summed E-state index contributed by atoms with van der Waals surface area (Å²) in [4.78, 5) is 39.4. The third kappa shape index (κ3) is 4.14. The van der Waals surface area contributed by atoms with E-state index in [9.17, 15) is 14.4 Å². The molecule has 0 atom stereocenters. The average Bonchev–Trinajstić information content (AvgIpc) is 2.98. The molecule has 2 amide bonds. The van der Waals surface area contributed by atoms with Crippen LogP contribution in [0.5, 0.6) is 0 Å². The van der Waals surface area contributed by atoms with Crippen LogP contribution >= 0.6 is 22.9 Å². The third-order valence-corrected chi connectivity index (χ3v) is 5.66. The number of hydrogen-bond acceptors (Lipinski definition) is 5. The van der Waals surface area contributed by atoms with Crippen LogP contribution in [0.3, 0.4) is 0 Å². The number of halogens is 1. The molecule has 1 aromatic heterocycles. The van der Waals surface area contributed by atoms with Crippen LogP contribution in [-0.4, -0.2) is 35.8 Å². The first kappa shape index (κ1) is 19.4. The number of amides is 2. The fraction of sp³-hybridized carbons (Fsp3) is 0.316. The molecule has 27 heavy (non-hydrogen) atoms. The first-order valence-corrected chi connectivity index (χ1v) is 9.74. The zero-order chi connectivity index (χ0) is 19.6. The topological polar surface area (TPSA) is 75.7 Å². The molecule has 2 aromatic rings. The molecule has 0 radical (unpaired) electrons. The van der Waals surface area contributed by atoms with Crippen LogP contribution in [0.2, 0.25) is 5.02 Å². The minimum absolute atomic E-state index is 0.0174. The Morgan fingerprint density at radius 2 is 2.11 bits per heavy atom. The number of carbonyl (C=O) groups excluding carboxylic acids is 3. The van der Waals surface area contributed by atoms with Crippen molar-refractivity contribution in [3.05, 3.63) is 50.9 Å². The summed E-state index contributed by atoms with van der Waals surface area (Å²) in [7, 11) is 0. The van der Waals surface area contributed by atoms with E-state index >= 15 is 0 Å². The number of ether oxygens (including phenoxy) is 1. The SMILES string of the molecule is CCOC(=O)c1c(NC(=O)c2cccc(Cl)c2)sc2c1CCN(C(C)=O)C2. The lowest BCUT2D eigenvalue weighted by molar-refractivity contribution is -0.129. The summed E-state index contributed by atoms with van der Waals surface area (Å²) >= 11 is 7.26. The van der Waals surface area contributed by atoms with Gasteiger partial charge in [0.2, 0.25) is 5.91 Å². The smallest absolute Gasteiger partial charge is 0.341 e. The maximum Gasteiger partial charge on any atom is 0.341 e. The first-order valence-electron chi connectivity index (χ1n) is 8.54. The van der Waals surface area contributed by atoms with E-state index in [1.807, 2.05) is 0 Å². The Kier molecular flexibility index (Phi) is 5.82. The molecule has 0 aliphatic carbocycles. The van der Waals surface area contributed by atoms with Gasteiger partial charge in [-0.15, -0.1) is 11.3 Å². The molecule has 0 spiro atoms. The summed E-state index contributed by atoms with van der Waals surface area (Å²) in [6, 6.07) is 6.58. The number of carbonyl (C=O) groups is 3. The normalized spacial score (nSPS) is 13.1. The number of fused-ring (bicyclic) bond motifs is 1. The van der Waals surface area contributed by atoms with E-state index < -0.39 is 5.97 Å². The van der Waals surface area contributed by atoms with Crippen LogP contribution in [0.15, 0.2) is 24.3 Å². The lowest BCUT2D eigenvalue weighted by atomic mass is 10.0. The summed E-state index contributed by atoms with van der Waals surface area (Å²) in [6.07, 6.45) is 0.548. The van der Waals surface area contributed by atoms with E-state index in [-0.39, 0.29) is 18.4 Å². The molecule has 0 fully saturated rings. The van der Waals surface area contributed by atoms with Gasteiger partial charge in [-0.25, -0.2) is 4.79 Å². The van der Waals surface area contributed by atoms with Crippen LogP contribution < -0.4 is 5.32 Å². The van der Waals surface area contributed by atoms with Gasteiger partial charge in [-0.05, 0) is 37.1 Å². The van der Waals surface area contributed by atoms with Crippen molar-refractivity contribution < 1.29 is 19.1 Å². The van der Waals surface area contributed by atoms with E-state index in [4.69, 9.17) is 16.3 Å². The average molecular weight is 407 g/mol. The molecular weight excluding hydrogens is 388 g/mol. The molecule has 0 saturated carbocycles.